The van der Waals surface area contributed by atoms with Crippen LogP contribution in [0.2, 0.25) is 0 Å². The molecule has 6 nitrogen and oxygen atoms in total. The fourth-order valence-corrected chi connectivity index (χ4v) is 4.88. The number of nitrogens with zero attached hydrogens (tertiary/aromatic N) is 2. The van der Waals surface area contributed by atoms with Gasteiger partial charge in [-0.05, 0) is 24.6 Å². The summed E-state index contributed by atoms with van der Waals surface area (Å²) in [5, 5.41) is 0.908. The molecule has 2 N–H and O–H groups in total. The molecule has 2 heterocycles. The largest absolute Gasteiger partial charge is 0.367 e. The van der Waals surface area contributed by atoms with Crippen LogP contribution in [0.5, 0.6) is 0 Å². The number of hydrogen-bond donors (Lipinski definition) is 1. The summed E-state index contributed by atoms with van der Waals surface area (Å²) in [7, 11) is 0. The number of nitrogens with two attached hydrogens (primary N) is 1. The van der Waals surface area contributed by atoms with E-state index in [-0.39, 0.29) is 12.5 Å². The molecular formula is C22H23N3O3S. The standard InChI is InChI=1S/C22H23N3O3S/c1-22(15-7-3-2-4-8-15,13-19-24-16-9-5-6-10-18(16)29-19)21(27)25-11-12-28-17(14-25)20(23)26/h2-10,17H,11-14H2,1H3,(H2,23,26)/t17-,22-/m0/s1. The highest BCUT2D eigenvalue weighted by Crippen LogP contribution is 2.34. The topological polar surface area (TPSA) is 85.5 Å². The summed E-state index contributed by atoms with van der Waals surface area (Å²) in [6.07, 6.45) is -0.288. The smallest absolute Gasteiger partial charge is 0.248 e. The van der Waals surface area contributed by atoms with E-state index >= 15 is 0 Å². The van der Waals surface area contributed by atoms with Gasteiger partial charge in [0.15, 0.2) is 6.10 Å². The van der Waals surface area contributed by atoms with Crippen molar-refractivity contribution in [2.75, 3.05) is 19.7 Å². The second-order valence-electron chi connectivity index (χ2n) is 7.46. The minimum atomic E-state index is -0.811. The molecule has 1 aliphatic heterocycles. The average molecular weight is 410 g/mol. The van der Waals surface area contributed by atoms with Gasteiger partial charge in [-0.1, -0.05) is 42.5 Å². The monoisotopic (exact) mass is 409 g/mol. The predicted octanol–water partition coefficient (Wildman–Crippen LogP) is 2.51. The molecule has 150 valence electrons. The zero-order valence-corrected chi connectivity index (χ0v) is 17.0. The number of fused-ring (bicyclic) bond motifs is 1. The van der Waals surface area contributed by atoms with Crippen molar-refractivity contribution in [2.45, 2.75) is 24.9 Å². The van der Waals surface area contributed by atoms with Gasteiger partial charge >= 0.3 is 0 Å². The fourth-order valence-electron chi connectivity index (χ4n) is 3.76. The van der Waals surface area contributed by atoms with E-state index in [1.165, 1.54) is 0 Å². The van der Waals surface area contributed by atoms with Gasteiger partial charge in [0.25, 0.3) is 0 Å². The molecule has 0 aliphatic carbocycles. The third-order valence-corrected chi connectivity index (χ3v) is 6.43. The molecule has 1 saturated heterocycles. The van der Waals surface area contributed by atoms with Crippen LogP contribution in [-0.2, 0) is 26.2 Å². The number of ether oxygens (including phenoxy) is 1. The van der Waals surface area contributed by atoms with Crippen molar-refractivity contribution < 1.29 is 14.3 Å². The second-order valence-corrected chi connectivity index (χ2v) is 8.58. The Morgan fingerprint density at radius 3 is 2.66 bits per heavy atom. The minimum absolute atomic E-state index is 0.0440. The third-order valence-electron chi connectivity index (χ3n) is 5.40. The first kappa shape index (κ1) is 19.5. The Morgan fingerprint density at radius 1 is 1.21 bits per heavy atom. The van der Waals surface area contributed by atoms with Crippen molar-refractivity contribution in [1.82, 2.24) is 9.88 Å². The predicted molar refractivity (Wildman–Crippen MR) is 113 cm³/mol. The van der Waals surface area contributed by atoms with Crippen LogP contribution in [0.25, 0.3) is 10.2 Å². The Labute approximate surface area is 173 Å². The van der Waals surface area contributed by atoms with Crippen LogP contribution >= 0.6 is 11.3 Å². The van der Waals surface area contributed by atoms with Crippen LogP contribution in [0.3, 0.4) is 0 Å². The van der Waals surface area contributed by atoms with Crippen molar-refractivity contribution in [3.8, 4) is 0 Å². The van der Waals surface area contributed by atoms with Crippen molar-refractivity contribution in [2.24, 2.45) is 5.73 Å². The maximum absolute atomic E-state index is 13.7. The Balaban J connectivity index is 1.69. The highest BCUT2D eigenvalue weighted by atomic mass is 32.1. The van der Waals surface area contributed by atoms with Crippen LogP contribution in [-0.4, -0.2) is 47.5 Å². The van der Waals surface area contributed by atoms with Gasteiger partial charge < -0.3 is 15.4 Å². The molecule has 0 bridgehead atoms. The van der Waals surface area contributed by atoms with Crippen LogP contribution in [0.1, 0.15) is 17.5 Å². The quantitative estimate of drug-likeness (QED) is 0.702. The zero-order chi connectivity index (χ0) is 20.4. The van der Waals surface area contributed by atoms with Gasteiger partial charge in [0.05, 0.1) is 33.8 Å². The van der Waals surface area contributed by atoms with E-state index in [4.69, 9.17) is 15.5 Å². The normalized spacial score (nSPS) is 19.1. The molecule has 7 heteroatoms. The molecule has 2 amide bonds. The molecule has 4 rings (SSSR count). The van der Waals surface area contributed by atoms with E-state index in [2.05, 4.69) is 0 Å². The first-order valence-electron chi connectivity index (χ1n) is 9.57. The van der Waals surface area contributed by atoms with E-state index in [1.807, 2.05) is 61.5 Å². The molecule has 0 unspecified atom stereocenters. The highest BCUT2D eigenvalue weighted by molar-refractivity contribution is 7.18. The molecule has 1 aromatic heterocycles. The number of primary amides is 1. The summed E-state index contributed by atoms with van der Waals surface area (Å²) in [5.41, 5.74) is 6.46. The van der Waals surface area contributed by atoms with Gasteiger partial charge in [0, 0.05) is 13.0 Å². The number of carbonyl (C=O) groups excluding carboxylic acids is 2. The van der Waals surface area contributed by atoms with E-state index < -0.39 is 17.4 Å². The lowest BCUT2D eigenvalue weighted by Gasteiger charge is -2.38. The van der Waals surface area contributed by atoms with Gasteiger partial charge in [0.1, 0.15) is 0 Å². The maximum Gasteiger partial charge on any atom is 0.248 e. The summed E-state index contributed by atoms with van der Waals surface area (Å²) < 4.78 is 6.52. The summed E-state index contributed by atoms with van der Waals surface area (Å²) in [4.78, 5) is 31.7. The molecule has 29 heavy (non-hydrogen) atoms. The van der Waals surface area contributed by atoms with Crippen molar-refractivity contribution in [1.29, 1.82) is 0 Å². The van der Waals surface area contributed by atoms with E-state index in [1.54, 1.807) is 16.2 Å². The molecule has 2 aromatic carbocycles. The molecule has 0 saturated carbocycles. The van der Waals surface area contributed by atoms with Crippen LogP contribution in [0, 0.1) is 0 Å². The zero-order valence-electron chi connectivity index (χ0n) is 16.2. The summed E-state index contributed by atoms with van der Waals surface area (Å²) in [6.45, 7) is 2.86. The molecule has 0 spiro atoms. The van der Waals surface area contributed by atoms with Gasteiger partial charge in [0.2, 0.25) is 11.8 Å². The van der Waals surface area contributed by atoms with E-state index in [0.29, 0.717) is 19.6 Å². The number of aromatic nitrogens is 1. The maximum atomic E-state index is 13.7. The molecule has 0 radical (unpaired) electrons. The lowest BCUT2D eigenvalue weighted by Crippen LogP contribution is -2.55. The number of amides is 2. The van der Waals surface area contributed by atoms with E-state index in [0.717, 1.165) is 20.8 Å². The van der Waals surface area contributed by atoms with Crippen molar-refractivity contribution in [3.63, 3.8) is 0 Å². The summed E-state index contributed by atoms with van der Waals surface area (Å²) in [6, 6.07) is 17.7. The molecular weight excluding hydrogens is 386 g/mol. The molecule has 2 atom stereocenters. The lowest BCUT2D eigenvalue weighted by atomic mass is 9.78. The Hall–Kier alpha value is -2.77. The first-order valence-corrected chi connectivity index (χ1v) is 10.4. The molecule has 1 fully saturated rings. The number of thiazole rings is 1. The highest BCUT2D eigenvalue weighted by Gasteiger charge is 2.41. The van der Waals surface area contributed by atoms with Gasteiger partial charge in [-0.3, -0.25) is 9.59 Å². The van der Waals surface area contributed by atoms with Crippen LogP contribution < -0.4 is 5.73 Å². The fraction of sp³-hybridized carbons (Fsp3) is 0.318. The number of rotatable bonds is 5. The van der Waals surface area contributed by atoms with Crippen LogP contribution in [0.15, 0.2) is 54.6 Å². The lowest BCUT2D eigenvalue weighted by molar-refractivity contribution is -0.149. The van der Waals surface area contributed by atoms with Gasteiger partial charge in [-0.15, -0.1) is 11.3 Å². The Bertz CT molecular complexity index is 1000. The summed E-state index contributed by atoms with van der Waals surface area (Å²) in [5.74, 6) is -0.590. The van der Waals surface area contributed by atoms with Gasteiger partial charge in [-0.25, -0.2) is 4.98 Å². The third kappa shape index (κ3) is 3.88. The number of para-hydroxylation sites is 1. The SMILES string of the molecule is C[C@@](Cc1nc2ccccc2s1)(C(=O)N1CCO[C@H](C(N)=O)C1)c1ccccc1. The Kier molecular flexibility index (Phi) is 5.34. The second kappa shape index (κ2) is 7.93. The number of hydrogen-bond acceptors (Lipinski definition) is 5. The summed E-state index contributed by atoms with van der Waals surface area (Å²) >= 11 is 1.61. The van der Waals surface area contributed by atoms with Crippen molar-refractivity contribution in [3.05, 3.63) is 65.2 Å². The Morgan fingerprint density at radius 2 is 1.93 bits per heavy atom. The number of morpholine rings is 1. The van der Waals surface area contributed by atoms with E-state index in [9.17, 15) is 9.59 Å². The minimum Gasteiger partial charge on any atom is -0.367 e. The molecule has 1 aliphatic rings. The number of carbonyl (C=O) groups is 2. The van der Waals surface area contributed by atoms with Crippen LogP contribution in [0.4, 0.5) is 0 Å². The number of benzene rings is 2. The average Bonchev–Trinajstić information content (AvgIpc) is 3.16. The molecule has 3 aromatic rings. The van der Waals surface area contributed by atoms with Gasteiger partial charge in [-0.2, -0.15) is 0 Å². The van der Waals surface area contributed by atoms with Crippen molar-refractivity contribution >= 4 is 33.4 Å². The first-order chi connectivity index (χ1) is 14.0.